The van der Waals surface area contributed by atoms with Crippen LogP contribution in [0.2, 0.25) is 0 Å². The predicted octanol–water partition coefficient (Wildman–Crippen LogP) is 1.54. The molecule has 1 N–H and O–H groups in total. The number of ether oxygens (including phenoxy) is 3. The minimum Gasteiger partial charge on any atom is -0.463 e. The third-order valence-corrected chi connectivity index (χ3v) is 2.98. The summed E-state index contributed by atoms with van der Waals surface area (Å²) in [5.41, 5.74) is 0. The Labute approximate surface area is 119 Å². The Bertz CT molecular complexity index is 317. The molecule has 6 nitrogen and oxygen atoms in total. The SMILES string of the molecule is CCCC(=O)OC[C@@H]1CC(OC(=O)CCC)C[C@H](O)O1. The van der Waals surface area contributed by atoms with Crippen LogP contribution in [0.1, 0.15) is 52.4 Å². The van der Waals surface area contributed by atoms with Crippen LogP contribution in [0.15, 0.2) is 0 Å². The Balaban J connectivity index is 2.37. The van der Waals surface area contributed by atoms with Gasteiger partial charge < -0.3 is 19.3 Å². The number of hydrogen-bond acceptors (Lipinski definition) is 6. The van der Waals surface area contributed by atoms with Gasteiger partial charge in [0.25, 0.3) is 0 Å². The summed E-state index contributed by atoms with van der Waals surface area (Å²) in [4.78, 5) is 22.7. The predicted molar refractivity (Wildman–Crippen MR) is 70.8 cm³/mol. The van der Waals surface area contributed by atoms with Gasteiger partial charge in [0.2, 0.25) is 0 Å². The van der Waals surface area contributed by atoms with E-state index >= 15 is 0 Å². The lowest BCUT2D eigenvalue weighted by atomic mass is 10.1. The number of carbonyl (C=O) groups is 2. The van der Waals surface area contributed by atoms with E-state index in [2.05, 4.69) is 0 Å². The fourth-order valence-electron chi connectivity index (χ4n) is 2.06. The van der Waals surface area contributed by atoms with Crippen LogP contribution in [0.4, 0.5) is 0 Å². The van der Waals surface area contributed by atoms with Gasteiger partial charge in [-0.2, -0.15) is 0 Å². The second kappa shape index (κ2) is 8.92. The van der Waals surface area contributed by atoms with Crippen molar-refractivity contribution in [3.05, 3.63) is 0 Å². The molecule has 1 heterocycles. The molecule has 6 heteroatoms. The average Bonchev–Trinajstić information content (AvgIpc) is 2.36. The van der Waals surface area contributed by atoms with Gasteiger partial charge in [-0.1, -0.05) is 13.8 Å². The van der Waals surface area contributed by atoms with Crippen molar-refractivity contribution in [2.45, 2.75) is 70.9 Å². The van der Waals surface area contributed by atoms with Gasteiger partial charge >= 0.3 is 11.9 Å². The molecule has 0 spiro atoms. The number of carbonyl (C=O) groups excluding carboxylic acids is 2. The second-order valence-corrected chi connectivity index (χ2v) is 4.98. The first-order chi connectivity index (χ1) is 9.55. The van der Waals surface area contributed by atoms with E-state index in [1.807, 2.05) is 13.8 Å². The minimum absolute atomic E-state index is 0.0811. The van der Waals surface area contributed by atoms with Gasteiger partial charge in [0.1, 0.15) is 12.7 Å². The van der Waals surface area contributed by atoms with E-state index < -0.39 is 12.4 Å². The van der Waals surface area contributed by atoms with Gasteiger partial charge in [0, 0.05) is 25.7 Å². The zero-order valence-electron chi connectivity index (χ0n) is 12.2. The summed E-state index contributed by atoms with van der Waals surface area (Å²) in [7, 11) is 0. The van der Waals surface area contributed by atoms with Crippen molar-refractivity contribution in [3.8, 4) is 0 Å². The van der Waals surface area contributed by atoms with Crippen molar-refractivity contribution in [1.82, 2.24) is 0 Å². The maximum Gasteiger partial charge on any atom is 0.306 e. The van der Waals surface area contributed by atoms with Gasteiger partial charge in [-0.15, -0.1) is 0 Å². The first-order valence-electron chi connectivity index (χ1n) is 7.23. The Hall–Kier alpha value is -1.14. The molecule has 0 radical (unpaired) electrons. The van der Waals surface area contributed by atoms with Crippen molar-refractivity contribution in [1.29, 1.82) is 0 Å². The number of hydrogen-bond donors (Lipinski definition) is 1. The molecule has 0 aromatic rings. The fraction of sp³-hybridized carbons (Fsp3) is 0.857. The molecule has 3 atom stereocenters. The molecule has 1 unspecified atom stereocenters. The number of esters is 2. The zero-order valence-corrected chi connectivity index (χ0v) is 12.2. The third kappa shape index (κ3) is 6.34. The Kier molecular flexibility index (Phi) is 7.54. The van der Waals surface area contributed by atoms with Crippen LogP contribution < -0.4 is 0 Å². The van der Waals surface area contributed by atoms with Crippen LogP contribution in [0, 0.1) is 0 Å². The molecule has 0 saturated carbocycles. The number of rotatable bonds is 7. The van der Waals surface area contributed by atoms with Crippen molar-refractivity contribution < 1.29 is 28.9 Å². The Morgan fingerprint density at radius 2 is 1.80 bits per heavy atom. The van der Waals surface area contributed by atoms with Crippen LogP contribution in [0.25, 0.3) is 0 Å². The summed E-state index contributed by atoms with van der Waals surface area (Å²) in [6, 6.07) is 0. The number of aliphatic hydroxyl groups excluding tert-OH is 1. The van der Waals surface area contributed by atoms with Crippen molar-refractivity contribution in [2.75, 3.05) is 6.61 Å². The largest absolute Gasteiger partial charge is 0.463 e. The Morgan fingerprint density at radius 1 is 1.15 bits per heavy atom. The summed E-state index contributed by atoms with van der Waals surface area (Å²) in [6.45, 7) is 3.87. The van der Waals surface area contributed by atoms with Crippen molar-refractivity contribution in [3.63, 3.8) is 0 Å². The molecule has 0 aromatic heterocycles. The molecule has 0 bridgehead atoms. The van der Waals surface area contributed by atoms with Gasteiger partial charge in [0.05, 0.1) is 6.10 Å². The number of aliphatic hydroxyl groups is 1. The highest BCUT2D eigenvalue weighted by atomic mass is 16.6. The molecular formula is C14H24O6. The Morgan fingerprint density at radius 3 is 2.45 bits per heavy atom. The second-order valence-electron chi connectivity index (χ2n) is 4.98. The quantitative estimate of drug-likeness (QED) is 0.716. The van der Waals surface area contributed by atoms with E-state index in [-0.39, 0.29) is 31.1 Å². The molecule has 0 amide bonds. The van der Waals surface area contributed by atoms with E-state index in [1.165, 1.54) is 0 Å². The lowest BCUT2D eigenvalue weighted by Crippen LogP contribution is -2.40. The van der Waals surface area contributed by atoms with E-state index in [9.17, 15) is 14.7 Å². The lowest BCUT2D eigenvalue weighted by molar-refractivity contribution is -0.211. The normalized spacial score (nSPS) is 26.1. The topological polar surface area (TPSA) is 82.1 Å². The van der Waals surface area contributed by atoms with Crippen LogP contribution in [-0.2, 0) is 23.8 Å². The van der Waals surface area contributed by atoms with Crippen molar-refractivity contribution in [2.24, 2.45) is 0 Å². The maximum atomic E-state index is 11.4. The maximum absolute atomic E-state index is 11.4. The fourth-order valence-corrected chi connectivity index (χ4v) is 2.06. The molecule has 0 aliphatic carbocycles. The first kappa shape index (κ1) is 16.9. The molecule has 1 fully saturated rings. The van der Waals surface area contributed by atoms with Crippen LogP contribution in [0.5, 0.6) is 0 Å². The molecule has 20 heavy (non-hydrogen) atoms. The molecule has 1 aliphatic heterocycles. The summed E-state index contributed by atoms with van der Waals surface area (Å²) in [5.74, 6) is -0.552. The van der Waals surface area contributed by atoms with Crippen LogP contribution in [-0.4, -0.2) is 42.1 Å². The summed E-state index contributed by atoms with van der Waals surface area (Å²) >= 11 is 0. The van der Waals surface area contributed by atoms with E-state index in [0.29, 0.717) is 19.3 Å². The van der Waals surface area contributed by atoms with Gasteiger partial charge in [-0.05, 0) is 12.8 Å². The smallest absolute Gasteiger partial charge is 0.306 e. The zero-order chi connectivity index (χ0) is 15.0. The molecular weight excluding hydrogens is 264 g/mol. The van der Waals surface area contributed by atoms with Gasteiger partial charge in [0.15, 0.2) is 6.29 Å². The van der Waals surface area contributed by atoms with Gasteiger partial charge in [-0.3, -0.25) is 9.59 Å². The average molecular weight is 288 g/mol. The van der Waals surface area contributed by atoms with E-state index in [1.54, 1.807) is 0 Å². The first-order valence-corrected chi connectivity index (χ1v) is 7.23. The highest BCUT2D eigenvalue weighted by Crippen LogP contribution is 2.22. The van der Waals surface area contributed by atoms with E-state index in [4.69, 9.17) is 14.2 Å². The summed E-state index contributed by atoms with van der Waals surface area (Å²) in [5, 5.41) is 9.61. The summed E-state index contributed by atoms with van der Waals surface area (Å²) < 4.78 is 15.6. The summed E-state index contributed by atoms with van der Waals surface area (Å²) in [6.07, 6.45) is 1.08. The van der Waals surface area contributed by atoms with Gasteiger partial charge in [-0.25, -0.2) is 0 Å². The highest BCUT2D eigenvalue weighted by molar-refractivity contribution is 5.69. The minimum atomic E-state index is -0.988. The standard InChI is InChI=1S/C14H24O6/c1-3-5-12(15)18-9-11-7-10(8-14(17)20-11)19-13(16)6-4-2/h10-11,14,17H,3-9H2,1-2H3/t10?,11-,14+/m0/s1. The molecule has 116 valence electrons. The molecule has 1 rings (SSSR count). The lowest BCUT2D eigenvalue weighted by Gasteiger charge is -2.32. The molecule has 1 aliphatic rings. The van der Waals surface area contributed by atoms with Crippen LogP contribution >= 0.6 is 0 Å². The highest BCUT2D eigenvalue weighted by Gasteiger charge is 2.31. The van der Waals surface area contributed by atoms with Crippen molar-refractivity contribution >= 4 is 11.9 Å². The molecule has 0 aromatic carbocycles. The van der Waals surface area contributed by atoms with Crippen LogP contribution in [0.3, 0.4) is 0 Å². The molecule has 1 saturated heterocycles. The van der Waals surface area contributed by atoms with E-state index in [0.717, 1.165) is 12.8 Å². The monoisotopic (exact) mass is 288 g/mol. The third-order valence-electron chi connectivity index (χ3n) is 2.98.